The molecule has 2 aromatic carbocycles. The number of benzene rings is 2. The highest BCUT2D eigenvalue weighted by Gasteiger charge is 2.08. The number of fused-ring (bicyclic) bond motifs is 1. The molecule has 0 unspecified atom stereocenters. The number of methoxy groups -OCH3 is 1. The molecule has 0 saturated heterocycles. The molecule has 4 aromatic rings. The lowest BCUT2D eigenvalue weighted by Gasteiger charge is -2.04. The van der Waals surface area contributed by atoms with Crippen LogP contribution in [0, 0.1) is 0 Å². The molecule has 2 N–H and O–H groups in total. The smallest absolute Gasteiger partial charge is 0.188 e. The molecule has 0 aliphatic carbocycles. The Hall–Kier alpha value is -2.96. The zero-order chi connectivity index (χ0) is 18.6. The first-order valence-electron chi connectivity index (χ1n) is 8.62. The molecule has 0 fully saturated rings. The second-order valence-corrected chi connectivity index (χ2v) is 7.14. The zero-order valence-electron chi connectivity index (χ0n) is 14.8. The lowest BCUT2D eigenvalue weighted by atomic mass is 10.1. The van der Waals surface area contributed by atoms with E-state index in [4.69, 9.17) is 9.84 Å². The summed E-state index contributed by atoms with van der Waals surface area (Å²) in [5.74, 6) is 0.738. The van der Waals surface area contributed by atoms with Gasteiger partial charge in [0.2, 0.25) is 0 Å². The molecule has 0 atom stereocenters. The van der Waals surface area contributed by atoms with Crippen molar-refractivity contribution < 1.29 is 9.84 Å². The van der Waals surface area contributed by atoms with Crippen LogP contribution in [0.1, 0.15) is 5.56 Å². The Morgan fingerprint density at radius 3 is 2.85 bits per heavy atom. The van der Waals surface area contributed by atoms with Gasteiger partial charge in [0.05, 0.1) is 23.5 Å². The number of aliphatic hydroxyl groups excluding tert-OH is 1. The second kappa shape index (κ2) is 7.73. The van der Waals surface area contributed by atoms with E-state index in [0.717, 1.165) is 43.5 Å². The Morgan fingerprint density at radius 1 is 1.07 bits per heavy atom. The first-order valence-corrected chi connectivity index (χ1v) is 9.43. The summed E-state index contributed by atoms with van der Waals surface area (Å²) in [5.41, 5.74) is 5.10. The quantitative estimate of drug-likeness (QED) is 0.512. The number of thiazole rings is 1. The fraction of sp³-hybridized carbons (Fsp3) is 0.143. The number of aromatic nitrogens is 2. The number of rotatable bonds is 6. The maximum absolute atomic E-state index is 9.11. The van der Waals surface area contributed by atoms with E-state index in [-0.39, 0.29) is 6.61 Å². The van der Waals surface area contributed by atoms with E-state index in [0.29, 0.717) is 6.42 Å². The predicted molar refractivity (Wildman–Crippen MR) is 110 cm³/mol. The minimum atomic E-state index is 0.145. The highest BCUT2D eigenvalue weighted by atomic mass is 32.1. The SMILES string of the molecule is COc1cncc(-c2ccc3nc(Nc4cccc(CCO)c4)sc3c2)c1. The summed E-state index contributed by atoms with van der Waals surface area (Å²) in [7, 11) is 1.64. The third-order valence-corrected chi connectivity index (χ3v) is 5.18. The summed E-state index contributed by atoms with van der Waals surface area (Å²) in [4.78, 5) is 8.90. The summed E-state index contributed by atoms with van der Waals surface area (Å²) in [6, 6.07) is 16.2. The number of ether oxygens (including phenoxy) is 1. The maximum Gasteiger partial charge on any atom is 0.188 e. The molecule has 0 amide bonds. The maximum atomic E-state index is 9.11. The van der Waals surface area contributed by atoms with Crippen LogP contribution in [-0.2, 0) is 6.42 Å². The Balaban J connectivity index is 1.62. The number of nitrogens with zero attached hydrogens (tertiary/aromatic N) is 2. The van der Waals surface area contributed by atoms with E-state index in [1.54, 1.807) is 24.6 Å². The molecular weight excluding hydrogens is 358 g/mol. The van der Waals surface area contributed by atoms with Gasteiger partial charge in [0.25, 0.3) is 0 Å². The molecule has 0 bridgehead atoms. The van der Waals surface area contributed by atoms with E-state index in [9.17, 15) is 0 Å². The molecule has 0 aliphatic rings. The summed E-state index contributed by atoms with van der Waals surface area (Å²) in [5, 5.41) is 13.3. The summed E-state index contributed by atoms with van der Waals surface area (Å²) < 4.78 is 6.36. The van der Waals surface area contributed by atoms with Crippen molar-refractivity contribution >= 4 is 32.4 Å². The number of anilines is 2. The third-order valence-electron chi connectivity index (χ3n) is 4.25. The van der Waals surface area contributed by atoms with Gasteiger partial charge in [-0.1, -0.05) is 29.5 Å². The van der Waals surface area contributed by atoms with Gasteiger partial charge in [-0.3, -0.25) is 4.98 Å². The topological polar surface area (TPSA) is 67.3 Å². The number of pyridine rings is 1. The minimum absolute atomic E-state index is 0.145. The van der Waals surface area contributed by atoms with Crippen molar-refractivity contribution in [3.05, 3.63) is 66.5 Å². The van der Waals surface area contributed by atoms with E-state index < -0.39 is 0 Å². The predicted octanol–water partition coefficient (Wildman–Crippen LogP) is 4.65. The van der Waals surface area contributed by atoms with Gasteiger partial charge in [-0.2, -0.15) is 0 Å². The molecule has 136 valence electrons. The average molecular weight is 377 g/mol. The van der Waals surface area contributed by atoms with Crippen LogP contribution < -0.4 is 10.1 Å². The molecule has 2 aromatic heterocycles. The van der Waals surface area contributed by atoms with E-state index in [2.05, 4.69) is 21.4 Å². The zero-order valence-corrected chi connectivity index (χ0v) is 15.7. The molecule has 0 saturated carbocycles. The Labute approximate surface area is 161 Å². The molecule has 27 heavy (non-hydrogen) atoms. The van der Waals surface area contributed by atoms with E-state index in [1.165, 1.54) is 0 Å². The number of hydrogen-bond acceptors (Lipinski definition) is 6. The Kier molecular flexibility index (Phi) is 5.00. The normalized spacial score (nSPS) is 10.9. The molecule has 2 heterocycles. The van der Waals surface area contributed by atoms with Crippen LogP contribution in [0.4, 0.5) is 10.8 Å². The Bertz CT molecular complexity index is 1080. The lowest BCUT2D eigenvalue weighted by molar-refractivity contribution is 0.299. The molecule has 0 aliphatic heterocycles. The van der Waals surface area contributed by atoms with Gasteiger partial charge in [0, 0.05) is 24.1 Å². The molecule has 6 heteroatoms. The van der Waals surface area contributed by atoms with Gasteiger partial charge in [-0.05, 0) is 47.9 Å². The molecular formula is C21H19N3O2S. The van der Waals surface area contributed by atoms with Crippen molar-refractivity contribution in [3.63, 3.8) is 0 Å². The molecule has 5 nitrogen and oxygen atoms in total. The number of aliphatic hydroxyl groups is 1. The molecule has 0 radical (unpaired) electrons. The highest BCUT2D eigenvalue weighted by Crippen LogP contribution is 2.32. The van der Waals surface area contributed by atoms with Crippen molar-refractivity contribution in [1.29, 1.82) is 0 Å². The molecule has 0 spiro atoms. The van der Waals surface area contributed by atoms with Gasteiger partial charge in [-0.25, -0.2) is 4.98 Å². The van der Waals surface area contributed by atoms with Crippen molar-refractivity contribution in [3.8, 4) is 16.9 Å². The second-order valence-electron chi connectivity index (χ2n) is 6.11. The highest BCUT2D eigenvalue weighted by molar-refractivity contribution is 7.22. The van der Waals surface area contributed by atoms with E-state index >= 15 is 0 Å². The minimum Gasteiger partial charge on any atom is -0.495 e. The van der Waals surface area contributed by atoms with Gasteiger partial charge in [0.15, 0.2) is 5.13 Å². The van der Waals surface area contributed by atoms with Crippen LogP contribution >= 0.6 is 11.3 Å². The Morgan fingerprint density at radius 2 is 2.00 bits per heavy atom. The third kappa shape index (κ3) is 3.92. The van der Waals surface area contributed by atoms with Crippen LogP contribution in [0.2, 0.25) is 0 Å². The van der Waals surface area contributed by atoms with Gasteiger partial charge in [0.1, 0.15) is 5.75 Å². The van der Waals surface area contributed by atoms with Crippen LogP contribution in [-0.4, -0.2) is 28.8 Å². The molecule has 4 rings (SSSR count). The lowest BCUT2D eigenvalue weighted by Crippen LogP contribution is -1.93. The first-order chi connectivity index (χ1) is 13.2. The largest absolute Gasteiger partial charge is 0.495 e. The number of hydrogen-bond donors (Lipinski definition) is 2. The van der Waals surface area contributed by atoms with Crippen LogP contribution in [0.3, 0.4) is 0 Å². The summed E-state index contributed by atoms with van der Waals surface area (Å²) in [6.45, 7) is 0.145. The number of nitrogens with one attached hydrogen (secondary N) is 1. The van der Waals surface area contributed by atoms with Crippen LogP contribution in [0.5, 0.6) is 5.75 Å². The standard InChI is InChI=1S/C21H19N3O2S/c1-26-18-10-16(12-22-13-18)15-5-6-19-20(11-15)27-21(24-19)23-17-4-2-3-14(9-17)7-8-25/h2-6,9-13,25H,7-8H2,1H3,(H,23,24). The van der Waals surface area contributed by atoms with Crippen LogP contribution in [0.25, 0.3) is 21.3 Å². The van der Waals surface area contributed by atoms with E-state index in [1.807, 2.05) is 48.7 Å². The van der Waals surface area contributed by atoms with Crippen molar-refractivity contribution in [2.24, 2.45) is 0 Å². The fourth-order valence-electron chi connectivity index (χ4n) is 2.90. The summed E-state index contributed by atoms with van der Waals surface area (Å²) in [6.07, 6.45) is 4.17. The fourth-order valence-corrected chi connectivity index (χ4v) is 3.83. The van der Waals surface area contributed by atoms with Gasteiger partial charge >= 0.3 is 0 Å². The monoisotopic (exact) mass is 377 g/mol. The van der Waals surface area contributed by atoms with Crippen LogP contribution in [0.15, 0.2) is 60.9 Å². The first kappa shape index (κ1) is 17.5. The van der Waals surface area contributed by atoms with Crippen molar-refractivity contribution in [2.75, 3.05) is 19.0 Å². The summed E-state index contributed by atoms with van der Waals surface area (Å²) >= 11 is 1.61. The average Bonchev–Trinajstić information content (AvgIpc) is 3.10. The van der Waals surface area contributed by atoms with Crippen molar-refractivity contribution in [1.82, 2.24) is 9.97 Å². The van der Waals surface area contributed by atoms with Gasteiger partial charge < -0.3 is 15.2 Å². The van der Waals surface area contributed by atoms with Crippen molar-refractivity contribution in [2.45, 2.75) is 6.42 Å². The van der Waals surface area contributed by atoms with Gasteiger partial charge in [-0.15, -0.1) is 0 Å².